The summed E-state index contributed by atoms with van der Waals surface area (Å²) in [4.78, 5) is 14.4. The van der Waals surface area contributed by atoms with Gasteiger partial charge >= 0.3 is 0 Å². The summed E-state index contributed by atoms with van der Waals surface area (Å²) in [5, 5.41) is 7.17. The Bertz CT molecular complexity index is 630. The van der Waals surface area contributed by atoms with Gasteiger partial charge in [-0.25, -0.2) is 0 Å². The van der Waals surface area contributed by atoms with Crippen molar-refractivity contribution >= 4 is 5.91 Å². The topological polar surface area (TPSA) is 49.0 Å². The number of rotatable bonds is 2. The molecule has 0 bridgehead atoms. The molecule has 0 unspecified atom stereocenters. The van der Waals surface area contributed by atoms with Gasteiger partial charge in [0.05, 0.1) is 5.69 Å². The van der Waals surface area contributed by atoms with Crippen LogP contribution in [0.5, 0.6) is 0 Å². The molecule has 3 rings (SSSR count). The van der Waals surface area contributed by atoms with Gasteiger partial charge in [-0.3, -0.25) is 9.89 Å². The van der Waals surface area contributed by atoms with Gasteiger partial charge in [0.1, 0.15) is 5.69 Å². The van der Waals surface area contributed by atoms with Gasteiger partial charge in [-0.1, -0.05) is 36.8 Å². The number of carbonyl (C=O) groups excluding carboxylic acids is 1. The van der Waals surface area contributed by atoms with Crippen molar-refractivity contribution in [1.29, 1.82) is 0 Å². The lowest BCUT2D eigenvalue weighted by Gasteiger charge is -2.30. The number of amides is 1. The number of likely N-dealkylation sites (tertiary alicyclic amines) is 1. The normalized spacial score (nSPS) is 18.8. The molecule has 110 valence electrons. The second-order valence-corrected chi connectivity index (χ2v) is 6.03. The summed E-state index contributed by atoms with van der Waals surface area (Å²) in [6, 6.07) is 10.0. The number of carbonyl (C=O) groups is 1. The van der Waals surface area contributed by atoms with Crippen LogP contribution in [0.3, 0.4) is 0 Å². The third kappa shape index (κ3) is 2.99. The van der Waals surface area contributed by atoms with Crippen LogP contribution >= 0.6 is 0 Å². The number of hydrogen-bond donors (Lipinski definition) is 1. The number of H-pyrrole nitrogens is 1. The Kier molecular flexibility index (Phi) is 3.78. The van der Waals surface area contributed by atoms with Crippen molar-refractivity contribution in [2.75, 3.05) is 13.1 Å². The molecule has 1 atom stereocenters. The molecule has 0 radical (unpaired) electrons. The minimum atomic E-state index is 0.0624. The van der Waals surface area contributed by atoms with E-state index in [9.17, 15) is 4.79 Å². The van der Waals surface area contributed by atoms with Crippen molar-refractivity contribution in [3.63, 3.8) is 0 Å². The maximum absolute atomic E-state index is 12.5. The second kappa shape index (κ2) is 5.72. The Labute approximate surface area is 125 Å². The summed E-state index contributed by atoms with van der Waals surface area (Å²) in [5.74, 6) is 0.648. The van der Waals surface area contributed by atoms with Crippen molar-refractivity contribution in [3.8, 4) is 11.3 Å². The van der Waals surface area contributed by atoms with Crippen LogP contribution in [0.4, 0.5) is 0 Å². The summed E-state index contributed by atoms with van der Waals surface area (Å²) < 4.78 is 0. The van der Waals surface area contributed by atoms with Crippen LogP contribution < -0.4 is 0 Å². The molecular weight excluding hydrogens is 262 g/mol. The van der Waals surface area contributed by atoms with E-state index in [4.69, 9.17) is 0 Å². The number of aromatic amines is 1. The highest BCUT2D eigenvalue weighted by Crippen LogP contribution is 2.21. The lowest BCUT2D eigenvalue weighted by Crippen LogP contribution is -2.39. The summed E-state index contributed by atoms with van der Waals surface area (Å²) in [5.41, 5.74) is 3.65. The van der Waals surface area contributed by atoms with E-state index in [1.54, 1.807) is 0 Å². The predicted molar refractivity (Wildman–Crippen MR) is 83.1 cm³/mol. The van der Waals surface area contributed by atoms with Crippen LogP contribution in [-0.2, 0) is 0 Å². The molecule has 1 aliphatic heterocycles. The molecule has 4 heteroatoms. The van der Waals surface area contributed by atoms with Gasteiger partial charge in [-0.2, -0.15) is 5.10 Å². The van der Waals surface area contributed by atoms with Gasteiger partial charge in [-0.15, -0.1) is 0 Å². The van der Waals surface area contributed by atoms with Gasteiger partial charge < -0.3 is 4.90 Å². The van der Waals surface area contributed by atoms with Crippen LogP contribution in [0.2, 0.25) is 0 Å². The molecule has 1 aliphatic rings. The van der Waals surface area contributed by atoms with Gasteiger partial charge in [0.25, 0.3) is 5.91 Å². The first-order chi connectivity index (χ1) is 10.1. The van der Waals surface area contributed by atoms with E-state index < -0.39 is 0 Å². The van der Waals surface area contributed by atoms with Crippen molar-refractivity contribution in [2.45, 2.75) is 26.7 Å². The van der Waals surface area contributed by atoms with Crippen LogP contribution in [0.1, 0.15) is 35.8 Å². The van der Waals surface area contributed by atoms with Crippen molar-refractivity contribution < 1.29 is 4.79 Å². The molecule has 1 N–H and O–H groups in total. The number of aromatic nitrogens is 2. The van der Waals surface area contributed by atoms with Crippen LogP contribution in [0, 0.1) is 12.8 Å². The average molecular weight is 283 g/mol. The summed E-state index contributed by atoms with van der Waals surface area (Å²) in [6.07, 6.45) is 2.30. The molecule has 1 fully saturated rings. The molecule has 21 heavy (non-hydrogen) atoms. The lowest BCUT2D eigenvalue weighted by molar-refractivity contribution is 0.0677. The Morgan fingerprint density at radius 2 is 2.10 bits per heavy atom. The molecule has 1 saturated heterocycles. The smallest absolute Gasteiger partial charge is 0.271 e. The van der Waals surface area contributed by atoms with Crippen molar-refractivity contribution in [2.24, 2.45) is 5.92 Å². The molecule has 2 heterocycles. The second-order valence-electron chi connectivity index (χ2n) is 6.03. The van der Waals surface area contributed by atoms with Crippen LogP contribution in [0.15, 0.2) is 30.3 Å². The Morgan fingerprint density at radius 3 is 2.81 bits per heavy atom. The van der Waals surface area contributed by atoms with E-state index in [1.165, 1.54) is 12.0 Å². The molecule has 1 amide bonds. The maximum atomic E-state index is 12.5. The van der Waals surface area contributed by atoms with Gasteiger partial charge in [0, 0.05) is 18.7 Å². The van der Waals surface area contributed by atoms with E-state index in [-0.39, 0.29) is 5.91 Å². The summed E-state index contributed by atoms with van der Waals surface area (Å²) >= 11 is 0. The minimum absolute atomic E-state index is 0.0624. The fraction of sp³-hybridized carbons (Fsp3) is 0.412. The highest BCUT2D eigenvalue weighted by Gasteiger charge is 2.23. The molecule has 4 nitrogen and oxygen atoms in total. The Hall–Kier alpha value is -2.10. The zero-order valence-corrected chi connectivity index (χ0v) is 12.6. The van der Waals surface area contributed by atoms with E-state index in [1.807, 2.05) is 23.1 Å². The Morgan fingerprint density at radius 1 is 1.33 bits per heavy atom. The summed E-state index contributed by atoms with van der Waals surface area (Å²) in [7, 11) is 0. The summed E-state index contributed by atoms with van der Waals surface area (Å²) in [6.45, 7) is 5.95. The zero-order chi connectivity index (χ0) is 14.8. The largest absolute Gasteiger partial charge is 0.337 e. The number of piperidine rings is 1. The zero-order valence-electron chi connectivity index (χ0n) is 12.6. The number of hydrogen-bond acceptors (Lipinski definition) is 2. The quantitative estimate of drug-likeness (QED) is 0.919. The molecule has 1 aromatic heterocycles. The van der Waals surface area contributed by atoms with Crippen LogP contribution in [0.25, 0.3) is 11.3 Å². The lowest BCUT2D eigenvalue weighted by atomic mass is 10.00. The fourth-order valence-electron chi connectivity index (χ4n) is 2.85. The predicted octanol–water partition coefficient (Wildman–Crippen LogP) is 3.26. The first kappa shape index (κ1) is 13.9. The molecule has 2 aromatic rings. The highest BCUT2D eigenvalue weighted by atomic mass is 16.2. The van der Waals surface area contributed by atoms with E-state index in [2.05, 4.69) is 36.2 Å². The molecule has 1 aromatic carbocycles. The number of benzene rings is 1. The average Bonchev–Trinajstić information content (AvgIpc) is 2.97. The SMILES string of the molecule is Cc1ccc(-c2cc(C(=O)N3CCC[C@H](C)C3)[nH]n2)cc1. The number of nitrogens with one attached hydrogen (secondary N) is 1. The van der Waals surface area contributed by atoms with E-state index in [0.29, 0.717) is 11.6 Å². The number of aryl methyl sites for hydroxylation is 1. The van der Waals surface area contributed by atoms with Gasteiger partial charge in [0.2, 0.25) is 0 Å². The first-order valence-electron chi connectivity index (χ1n) is 7.55. The molecule has 0 aliphatic carbocycles. The van der Waals surface area contributed by atoms with E-state index >= 15 is 0 Å². The third-order valence-corrected chi connectivity index (χ3v) is 4.10. The third-order valence-electron chi connectivity index (χ3n) is 4.10. The highest BCUT2D eigenvalue weighted by molar-refractivity contribution is 5.93. The van der Waals surface area contributed by atoms with E-state index in [0.717, 1.165) is 30.8 Å². The van der Waals surface area contributed by atoms with Crippen LogP contribution in [-0.4, -0.2) is 34.1 Å². The van der Waals surface area contributed by atoms with Crippen molar-refractivity contribution in [1.82, 2.24) is 15.1 Å². The van der Waals surface area contributed by atoms with Gasteiger partial charge in [0.15, 0.2) is 0 Å². The molecule has 0 spiro atoms. The maximum Gasteiger partial charge on any atom is 0.271 e. The number of nitrogens with zero attached hydrogens (tertiary/aromatic N) is 2. The minimum Gasteiger partial charge on any atom is -0.337 e. The standard InChI is InChI=1S/C17H21N3O/c1-12-5-7-14(8-6-12)15-10-16(19-18-15)17(21)20-9-3-4-13(2)11-20/h5-8,10,13H,3-4,9,11H2,1-2H3,(H,18,19)/t13-/m0/s1. The Balaban J connectivity index is 1.78. The van der Waals surface area contributed by atoms with Gasteiger partial charge in [-0.05, 0) is 31.7 Å². The first-order valence-corrected chi connectivity index (χ1v) is 7.55. The fourth-order valence-corrected chi connectivity index (χ4v) is 2.85. The molecular formula is C17H21N3O. The monoisotopic (exact) mass is 283 g/mol. The molecule has 0 saturated carbocycles. The van der Waals surface area contributed by atoms with Crippen molar-refractivity contribution in [3.05, 3.63) is 41.6 Å².